The molecular formula is C30H26ClNO6. The number of hydrogen-bond acceptors (Lipinski definition) is 7. The van der Waals surface area contributed by atoms with Gasteiger partial charge in [-0.05, 0) is 25.0 Å². The molecule has 1 aromatic heterocycles. The van der Waals surface area contributed by atoms with Gasteiger partial charge in [-0.1, -0.05) is 41.9 Å². The van der Waals surface area contributed by atoms with Crippen LogP contribution in [0, 0.1) is 11.8 Å². The molecule has 8 heteroatoms. The van der Waals surface area contributed by atoms with E-state index in [2.05, 4.69) is 37.2 Å². The zero-order valence-corrected chi connectivity index (χ0v) is 22.4. The molecule has 0 radical (unpaired) electrons. The quantitative estimate of drug-likeness (QED) is 0.309. The zero-order chi connectivity index (χ0) is 26.1. The van der Waals surface area contributed by atoms with Crippen molar-refractivity contribution < 1.29 is 28.2 Å². The van der Waals surface area contributed by atoms with Gasteiger partial charge in [-0.25, -0.2) is 0 Å². The van der Waals surface area contributed by atoms with Gasteiger partial charge in [0.25, 0.3) is 5.79 Å². The van der Waals surface area contributed by atoms with E-state index in [9.17, 15) is 0 Å². The number of hydrogen-bond donors (Lipinski definition) is 0. The summed E-state index contributed by atoms with van der Waals surface area (Å²) in [4.78, 5) is 0. The Balaban J connectivity index is 1.59. The number of rotatable bonds is 3. The Morgan fingerprint density at radius 2 is 1.82 bits per heavy atom. The summed E-state index contributed by atoms with van der Waals surface area (Å²) >= 11 is 6.72. The maximum absolute atomic E-state index is 7.21. The van der Waals surface area contributed by atoms with Crippen molar-refractivity contribution in [2.24, 2.45) is 11.8 Å². The second-order valence-corrected chi connectivity index (χ2v) is 11.1. The summed E-state index contributed by atoms with van der Waals surface area (Å²) in [5.41, 5.74) is 3.89. The Kier molecular flexibility index (Phi) is 4.25. The highest BCUT2D eigenvalue weighted by Crippen LogP contribution is 2.75. The lowest BCUT2D eigenvalue weighted by atomic mass is 9.51. The zero-order valence-electron chi connectivity index (χ0n) is 21.7. The third kappa shape index (κ3) is 2.20. The first-order chi connectivity index (χ1) is 18.4. The Morgan fingerprint density at radius 1 is 1.00 bits per heavy atom. The molecule has 4 aromatic rings. The van der Waals surface area contributed by atoms with Gasteiger partial charge in [-0.15, -0.1) is 0 Å². The van der Waals surface area contributed by atoms with Crippen LogP contribution in [0.1, 0.15) is 36.3 Å². The Labute approximate surface area is 224 Å². The normalized spacial score (nSPS) is 29.3. The molecule has 0 saturated carbocycles. The molecule has 1 fully saturated rings. The summed E-state index contributed by atoms with van der Waals surface area (Å²) in [5, 5.41) is 6.71. The topological polar surface area (TPSA) is 72.2 Å². The number of fused-ring (bicyclic) bond motifs is 5. The molecule has 7 nitrogen and oxygen atoms in total. The summed E-state index contributed by atoms with van der Waals surface area (Å²) in [6.07, 6.45) is 0.687. The molecule has 2 aliphatic heterocycles. The first kappa shape index (κ1) is 22.6. The van der Waals surface area contributed by atoms with Crippen molar-refractivity contribution >= 4 is 22.4 Å². The minimum Gasteiger partial charge on any atom is -0.496 e. The SMILES string of the molecule is COc1cccc2c1-c1noc3c1[C@@]14c5ccc6c(OC)cc(Cl)c(OC)c6c5O[C@@]21O[C@H](C)[C@H]4[C@H](C)C3. The number of ether oxygens (including phenoxy) is 5. The molecule has 3 heterocycles. The second kappa shape index (κ2) is 7.16. The van der Waals surface area contributed by atoms with E-state index in [1.54, 1.807) is 27.4 Å². The first-order valence-corrected chi connectivity index (χ1v) is 13.2. The Hall–Kier alpha value is -3.42. The average Bonchev–Trinajstić information content (AvgIpc) is 3.54. The van der Waals surface area contributed by atoms with E-state index in [4.69, 9.17) is 39.8 Å². The monoisotopic (exact) mass is 531 g/mol. The minimum atomic E-state index is -1.15. The highest BCUT2D eigenvalue weighted by Gasteiger charge is 2.78. The predicted molar refractivity (Wildman–Crippen MR) is 141 cm³/mol. The average molecular weight is 532 g/mol. The van der Waals surface area contributed by atoms with E-state index in [0.29, 0.717) is 28.0 Å². The van der Waals surface area contributed by atoms with Crippen molar-refractivity contribution in [3.05, 3.63) is 63.9 Å². The van der Waals surface area contributed by atoms with Crippen LogP contribution in [0.15, 0.2) is 40.9 Å². The highest BCUT2D eigenvalue weighted by molar-refractivity contribution is 6.34. The molecule has 38 heavy (non-hydrogen) atoms. The molecule has 1 spiro atoms. The van der Waals surface area contributed by atoms with Gasteiger partial charge in [0, 0.05) is 40.5 Å². The number of halogens is 1. The molecule has 194 valence electrons. The molecule has 1 saturated heterocycles. The molecule has 0 bridgehead atoms. The smallest absolute Gasteiger partial charge is 0.253 e. The number of methoxy groups -OCH3 is 3. The summed E-state index contributed by atoms with van der Waals surface area (Å²) in [7, 11) is 4.92. The van der Waals surface area contributed by atoms with Gasteiger partial charge in [0.15, 0.2) is 0 Å². The lowest BCUT2D eigenvalue weighted by Gasteiger charge is -2.47. The fourth-order valence-corrected chi connectivity index (χ4v) is 8.42. The minimum absolute atomic E-state index is 0.0855. The lowest BCUT2D eigenvalue weighted by Crippen LogP contribution is -2.55. The van der Waals surface area contributed by atoms with Crippen molar-refractivity contribution in [3.63, 3.8) is 0 Å². The summed E-state index contributed by atoms with van der Waals surface area (Å²) in [5.74, 6) is 2.65. The maximum Gasteiger partial charge on any atom is 0.253 e. The van der Waals surface area contributed by atoms with Gasteiger partial charge in [-0.3, -0.25) is 0 Å². The van der Waals surface area contributed by atoms with E-state index in [1.165, 1.54) is 0 Å². The van der Waals surface area contributed by atoms with Crippen LogP contribution in [0.4, 0.5) is 0 Å². The molecular weight excluding hydrogens is 506 g/mol. The van der Waals surface area contributed by atoms with Crippen molar-refractivity contribution in [3.8, 4) is 34.3 Å². The number of aromatic nitrogens is 1. The third-order valence-electron chi connectivity index (χ3n) is 9.21. The van der Waals surface area contributed by atoms with E-state index >= 15 is 0 Å². The summed E-state index contributed by atoms with van der Waals surface area (Å²) < 4.78 is 37.8. The molecule has 5 atom stereocenters. The highest BCUT2D eigenvalue weighted by atomic mass is 35.5. The molecule has 0 N–H and O–H groups in total. The summed E-state index contributed by atoms with van der Waals surface area (Å²) in [6.45, 7) is 4.41. The Morgan fingerprint density at radius 3 is 2.58 bits per heavy atom. The molecule has 0 unspecified atom stereocenters. The fourth-order valence-electron chi connectivity index (χ4n) is 8.15. The van der Waals surface area contributed by atoms with Crippen molar-refractivity contribution in [1.82, 2.24) is 5.16 Å². The lowest BCUT2D eigenvalue weighted by molar-refractivity contribution is -0.187. The van der Waals surface area contributed by atoms with Gasteiger partial charge >= 0.3 is 0 Å². The molecule has 3 aromatic carbocycles. The molecule has 8 rings (SSSR count). The van der Waals surface area contributed by atoms with Crippen LogP contribution < -0.4 is 18.9 Å². The van der Waals surface area contributed by atoms with Crippen molar-refractivity contribution in [1.29, 1.82) is 0 Å². The van der Waals surface area contributed by atoms with Crippen molar-refractivity contribution in [2.45, 2.75) is 37.6 Å². The van der Waals surface area contributed by atoms with Crippen LogP contribution in [0.25, 0.3) is 22.0 Å². The van der Waals surface area contributed by atoms with E-state index < -0.39 is 11.2 Å². The van der Waals surface area contributed by atoms with Crippen LogP contribution >= 0.6 is 11.6 Å². The van der Waals surface area contributed by atoms with Crippen LogP contribution in [0.3, 0.4) is 0 Å². The Bertz CT molecular complexity index is 1700. The first-order valence-electron chi connectivity index (χ1n) is 12.8. The van der Waals surface area contributed by atoms with Crippen LogP contribution in [0.5, 0.6) is 23.0 Å². The van der Waals surface area contributed by atoms with Gasteiger partial charge in [0.05, 0.1) is 43.4 Å². The van der Waals surface area contributed by atoms with E-state index in [-0.39, 0.29) is 17.9 Å². The third-order valence-corrected chi connectivity index (χ3v) is 9.49. The maximum atomic E-state index is 7.21. The molecule has 2 aliphatic carbocycles. The second-order valence-electron chi connectivity index (χ2n) is 10.7. The standard InChI is InChI=1S/C30H26ClNO6/c1-13-11-21-25-26(32-38-21)23-16(7-6-8-19(23)33-3)30-29(25,24(13)14(2)36-30)17-10-9-15-20(34-4)12-18(31)28(35-5)22(15)27(17)37-30/h6-10,12-14,24H,11H2,1-5H3/t13-,14-,24-,29+,30+/m1/s1. The van der Waals surface area contributed by atoms with Crippen LogP contribution in [-0.4, -0.2) is 32.6 Å². The van der Waals surface area contributed by atoms with Gasteiger partial charge in [-0.2, -0.15) is 0 Å². The largest absolute Gasteiger partial charge is 0.496 e. The van der Waals surface area contributed by atoms with Crippen LogP contribution in [0.2, 0.25) is 5.02 Å². The number of nitrogens with zero attached hydrogens (tertiary/aromatic N) is 1. The molecule has 4 aliphatic rings. The van der Waals surface area contributed by atoms with Gasteiger partial charge < -0.3 is 28.2 Å². The van der Waals surface area contributed by atoms with E-state index in [0.717, 1.165) is 50.9 Å². The van der Waals surface area contributed by atoms with E-state index in [1.807, 2.05) is 12.1 Å². The van der Waals surface area contributed by atoms with Gasteiger partial charge in [0.1, 0.15) is 39.9 Å². The van der Waals surface area contributed by atoms with Crippen molar-refractivity contribution in [2.75, 3.05) is 21.3 Å². The molecule has 0 amide bonds. The van der Waals surface area contributed by atoms with Crippen LogP contribution in [-0.2, 0) is 22.4 Å². The predicted octanol–water partition coefficient (Wildman–Crippen LogP) is 6.25. The summed E-state index contributed by atoms with van der Waals surface area (Å²) in [6, 6.07) is 12.0. The fraction of sp³-hybridized carbons (Fsp3) is 0.367. The van der Waals surface area contributed by atoms with Gasteiger partial charge in [0.2, 0.25) is 0 Å². The number of benzene rings is 3.